The summed E-state index contributed by atoms with van der Waals surface area (Å²) in [5.41, 5.74) is 1.58. The molecule has 6 heteroatoms. The third kappa shape index (κ3) is 2.49. The number of imidazole rings is 1. The molecule has 2 N–H and O–H groups in total. The summed E-state index contributed by atoms with van der Waals surface area (Å²) in [5, 5.41) is 18.6. The van der Waals surface area contributed by atoms with Gasteiger partial charge in [0, 0.05) is 7.11 Å². The summed E-state index contributed by atoms with van der Waals surface area (Å²) in [5.74, 6) is -0.984. The van der Waals surface area contributed by atoms with E-state index in [1.165, 1.54) is 13.2 Å². The van der Waals surface area contributed by atoms with Gasteiger partial charge in [0.15, 0.2) is 0 Å². The Morgan fingerprint density at radius 2 is 2.33 bits per heavy atom. The van der Waals surface area contributed by atoms with Gasteiger partial charge in [-0.1, -0.05) is 0 Å². The van der Waals surface area contributed by atoms with E-state index in [-0.39, 0.29) is 12.2 Å². The molecule has 0 saturated heterocycles. The van der Waals surface area contributed by atoms with Gasteiger partial charge in [0.25, 0.3) is 0 Å². The Labute approximate surface area is 103 Å². The van der Waals surface area contributed by atoms with E-state index >= 15 is 0 Å². The summed E-state index contributed by atoms with van der Waals surface area (Å²) < 4.78 is 6.56. The average molecular weight is 250 g/mol. The van der Waals surface area contributed by atoms with Gasteiger partial charge in [0.1, 0.15) is 0 Å². The van der Waals surface area contributed by atoms with E-state index in [9.17, 15) is 9.90 Å². The molecule has 0 bridgehead atoms. The van der Waals surface area contributed by atoms with E-state index < -0.39 is 12.1 Å². The number of carboxylic acid groups (broad SMARTS) is 1. The van der Waals surface area contributed by atoms with E-state index in [0.29, 0.717) is 17.6 Å². The molecule has 0 fully saturated rings. The Kier molecular flexibility index (Phi) is 3.59. The number of aliphatic hydroxyl groups excluding tert-OH is 1. The van der Waals surface area contributed by atoms with Gasteiger partial charge in [-0.15, -0.1) is 0 Å². The lowest BCUT2D eigenvalue weighted by atomic mass is 10.2. The zero-order chi connectivity index (χ0) is 13.1. The number of aromatic carboxylic acids is 1. The summed E-state index contributed by atoms with van der Waals surface area (Å²) in [6.07, 6.45) is 0.927. The van der Waals surface area contributed by atoms with Gasteiger partial charge in [-0.25, -0.2) is 9.78 Å². The molecule has 0 radical (unpaired) electrons. The maximum absolute atomic E-state index is 10.9. The van der Waals surface area contributed by atoms with Crippen LogP contribution < -0.4 is 0 Å². The quantitative estimate of drug-likeness (QED) is 0.817. The number of fused-ring (bicyclic) bond motifs is 1. The SMILES string of the molecule is COCC(O)Cn1cnc2ccc(C(=O)O)cc21. The number of carboxylic acids is 1. The van der Waals surface area contributed by atoms with Gasteiger partial charge >= 0.3 is 5.97 Å². The number of aromatic nitrogens is 2. The van der Waals surface area contributed by atoms with E-state index in [1.807, 2.05) is 0 Å². The highest BCUT2D eigenvalue weighted by molar-refractivity contribution is 5.92. The van der Waals surface area contributed by atoms with Crippen LogP contribution in [0.3, 0.4) is 0 Å². The highest BCUT2D eigenvalue weighted by atomic mass is 16.5. The second-order valence-corrected chi connectivity index (χ2v) is 4.01. The number of methoxy groups -OCH3 is 1. The third-order valence-corrected chi connectivity index (χ3v) is 2.63. The molecule has 1 atom stereocenters. The maximum atomic E-state index is 10.9. The Bertz CT molecular complexity index is 564. The van der Waals surface area contributed by atoms with Gasteiger partial charge in [-0.2, -0.15) is 0 Å². The number of nitrogens with zero attached hydrogens (tertiary/aromatic N) is 2. The molecule has 96 valence electrons. The second-order valence-electron chi connectivity index (χ2n) is 4.01. The highest BCUT2D eigenvalue weighted by Gasteiger charge is 2.10. The van der Waals surface area contributed by atoms with Gasteiger partial charge in [-0.3, -0.25) is 0 Å². The van der Waals surface area contributed by atoms with Crippen molar-refractivity contribution >= 4 is 17.0 Å². The van der Waals surface area contributed by atoms with Gasteiger partial charge in [0.05, 0.1) is 42.2 Å². The molecule has 0 saturated carbocycles. The fourth-order valence-corrected chi connectivity index (χ4v) is 1.81. The molecule has 0 aliphatic heterocycles. The minimum atomic E-state index is -0.984. The monoisotopic (exact) mass is 250 g/mol. The molecular weight excluding hydrogens is 236 g/mol. The zero-order valence-corrected chi connectivity index (χ0v) is 9.91. The number of ether oxygens (including phenoxy) is 1. The molecule has 1 aromatic carbocycles. The maximum Gasteiger partial charge on any atom is 0.335 e. The van der Waals surface area contributed by atoms with Crippen molar-refractivity contribution in [2.24, 2.45) is 0 Å². The molecule has 1 unspecified atom stereocenters. The molecule has 0 aliphatic rings. The number of benzene rings is 1. The normalized spacial score (nSPS) is 12.8. The Morgan fingerprint density at radius 1 is 1.56 bits per heavy atom. The van der Waals surface area contributed by atoms with Crippen molar-refractivity contribution in [1.29, 1.82) is 0 Å². The summed E-state index contributed by atoms with van der Waals surface area (Å²) in [4.78, 5) is 15.1. The molecule has 1 aromatic heterocycles. The standard InChI is InChI=1S/C12H14N2O4/c1-18-6-9(15)5-14-7-13-10-3-2-8(12(16)17)4-11(10)14/h2-4,7,9,15H,5-6H2,1H3,(H,16,17). The first-order valence-corrected chi connectivity index (χ1v) is 5.47. The van der Waals surface area contributed by atoms with Crippen molar-refractivity contribution in [3.05, 3.63) is 30.1 Å². The summed E-state index contributed by atoms with van der Waals surface area (Å²) >= 11 is 0. The molecule has 1 heterocycles. The number of aliphatic hydroxyl groups is 1. The minimum absolute atomic E-state index is 0.200. The van der Waals surface area contributed by atoms with Crippen LogP contribution in [-0.2, 0) is 11.3 Å². The molecule has 0 amide bonds. The first-order valence-electron chi connectivity index (χ1n) is 5.47. The van der Waals surface area contributed by atoms with Crippen molar-refractivity contribution < 1.29 is 19.7 Å². The lowest BCUT2D eigenvalue weighted by Gasteiger charge is -2.10. The topological polar surface area (TPSA) is 84.6 Å². The summed E-state index contributed by atoms with van der Waals surface area (Å²) in [7, 11) is 1.51. The Morgan fingerprint density at radius 3 is 3.00 bits per heavy atom. The van der Waals surface area contributed by atoms with Gasteiger partial charge in [-0.05, 0) is 18.2 Å². The number of rotatable bonds is 5. The fourth-order valence-electron chi connectivity index (χ4n) is 1.81. The van der Waals surface area contributed by atoms with Crippen LogP contribution in [0.5, 0.6) is 0 Å². The molecule has 2 rings (SSSR count). The van der Waals surface area contributed by atoms with E-state index in [2.05, 4.69) is 4.98 Å². The molecule has 0 spiro atoms. The van der Waals surface area contributed by atoms with Crippen molar-refractivity contribution in [2.45, 2.75) is 12.6 Å². The number of hydrogen-bond donors (Lipinski definition) is 2. The molecule has 18 heavy (non-hydrogen) atoms. The van der Waals surface area contributed by atoms with Crippen LogP contribution >= 0.6 is 0 Å². The van der Waals surface area contributed by atoms with Crippen LogP contribution in [0.15, 0.2) is 24.5 Å². The zero-order valence-electron chi connectivity index (χ0n) is 9.91. The van der Waals surface area contributed by atoms with Gasteiger partial charge < -0.3 is 19.5 Å². The predicted octanol–water partition coefficient (Wildman–Crippen LogP) is 0.742. The van der Waals surface area contributed by atoms with Gasteiger partial charge in [0.2, 0.25) is 0 Å². The van der Waals surface area contributed by atoms with Crippen molar-refractivity contribution in [3.8, 4) is 0 Å². The molecule has 2 aromatic rings. The largest absolute Gasteiger partial charge is 0.478 e. The van der Waals surface area contributed by atoms with E-state index in [0.717, 1.165) is 0 Å². The first-order chi connectivity index (χ1) is 8.61. The third-order valence-electron chi connectivity index (χ3n) is 2.63. The van der Waals surface area contributed by atoms with Crippen LogP contribution in [0.1, 0.15) is 10.4 Å². The van der Waals surface area contributed by atoms with Crippen molar-refractivity contribution in [3.63, 3.8) is 0 Å². The first kappa shape index (κ1) is 12.5. The van der Waals surface area contributed by atoms with Crippen molar-refractivity contribution in [2.75, 3.05) is 13.7 Å². The van der Waals surface area contributed by atoms with Crippen LogP contribution in [0.2, 0.25) is 0 Å². The van der Waals surface area contributed by atoms with E-state index in [4.69, 9.17) is 9.84 Å². The molecule has 0 aliphatic carbocycles. The lowest BCUT2D eigenvalue weighted by molar-refractivity contribution is 0.0544. The summed E-state index contributed by atoms with van der Waals surface area (Å²) in [6, 6.07) is 4.70. The molecular formula is C12H14N2O4. The van der Waals surface area contributed by atoms with Crippen LogP contribution in [0.4, 0.5) is 0 Å². The number of hydrogen-bond acceptors (Lipinski definition) is 4. The fraction of sp³-hybridized carbons (Fsp3) is 0.333. The van der Waals surface area contributed by atoms with Crippen molar-refractivity contribution in [1.82, 2.24) is 9.55 Å². The van der Waals surface area contributed by atoms with Crippen LogP contribution in [0.25, 0.3) is 11.0 Å². The summed E-state index contributed by atoms with van der Waals surface area (Å²) in [6.45, 7) is 0.533. The highest BCUT2D eigenvalue weighted by Crippen LogP contribution is 2.15. The molecule has 6 nitrogen and oxygen atoms in total. The Hall–Kier alpha value is -1.92. The lowest BCUT2D eigenvalue weighted by Crippen LogP contribution is -2.20. The van der Waals surface area contributed by atoms with Crippen LogP contribution in [-0.4, -0.2) is 45.6 Å². The van der Waals surface area contributed by atoms with Crippen LogP contribution in [0, 0.1) is 0 Å². The second kappa shape index (κ2) is 5.16. The number of carbonyl (C=O) groups is 1. The Balaban J connectivity index is 2.33. The smallest absolute Gasteiger partial charge is 0.335 e. The minimum Gasteiger partial charge on any atom is -0.478 e. The predicted molar refractivity (Wildman–Crippen MR) is 64.6 cm³/mol. The average Bonchev–Trinajstić information content (AvgIpc) is 2.72. The van der Waals surface area contributed by atoms with E-state index in [1.54, 1.807) is 23.0 Å².